The molecule has 1 heterocycles. The lowest BCUT2D eigenvalue weighted by Crippen LogP contribution is -2.29. The fourth-order valence-electron chi connectivity index (χ4n) is 13.9. The zero-order chi connectivity index (χ0) is 55.5. The number of nitrogens with zero attached hydrogens (tertiary/aromatic N) is 2. The molecule has 0 aromatic heterocycles. The van der Waals surface area contributed by atoms with Crippen molar-refractivity contribution in [3.8, 4) is 55.6 Å². The van der Waals surface area contributed by atoms with Gasteiger partial charge in [0.25, 0.3) is 0 Å². The lowest BCUT2D eigenvalue weighted by molar-refractivity contribution is 0.747. The third-order valence-corrected chi connectivity index (χ3v) is 17.6. The Bertz CT molecular complexity index is 4840. The Morgan fingerprint density at radius 3 is 1.40 bits per heavy atom. The summed E-state index contributed by atoms with van der Waals surface area (Å²) in [6.07, 6.45) is 7.34. The molecular weight excluding hydrogens is 1010 g/mol. The van der Waals surface area contributed by atoms with Gasteiger partial charge in [-0.1, -0.05) is 273 Å². The van der Waals surface area contributed by atoms with Gasteiger partial charge in [-0.2, -0.15) is 0 Å². The molecule has 0 spiro atoms. The van der Waals surface area contributed by atoms with Gasteiger partial charge in [0.2, 0.25) is 0 Å². The van der Waals surface area contributed by atoms with Gasteiger partial charge in [0.05, 0.1) is 11.7 Å². The third-order valence-electron chi connectivity index (χ3n) is 17.6. The predicted molar refractivity (Wildman–Crippen MR) is 357 cm³/mol. The molecule has 2 unspecified atom stereocenters. The first-order valence-corrected chi connectivity index (χ1v) is 29.2. The van der Waals surface area contributed by atoms with Gasteiger partial charge in [-0.15, -0.1) is 0 Å². The zero-order valence-corrected chi connectivity index (χ0v) is 46.2. The van der Waals surface area contributed by atoms with Crippen LogP contribution in [-0.2, 0) is 0 Å². The summed E-state index contributed by atoms with van der Waals surface area (Å²) in [6, 6.07) is 114. The topological polar surface area (TPSA) is 6.48 Å². The minimum atomic E-state index is 0.0630. The van der Waals surface area contributed by atoms with E-state index >= 15 is 0 Å². The molecule has 394 valence electrons. The summed E-state index contributed by atoms with van der Waals surface area (Å²) in [5.41, 5.74) is 21.8. The Morgan fingerprint density at radius 1 is 0.310 bits per heavy atom. The Balaban J connectivity index is 0.821. The molecule has 1 aliphatic carbocycles. The lowest BCUT2D eigenvalue weighted by Gasteiger charge is -2.31. The van der Waals surface area contributed by atoms with Gasteiger partial charge in [0.15, 0.2) is 0 Å². The summed E-state index contributed by atoms with van der Waals surface area (Å²) in [5, 5.41) is 9.85. The number of allylic oxidation sites excluding steroid dienone is 2. The summed E-state index contributed by atoms with van der Waals surface area (Å²) >= 11 is 0. The first kappa shape index (κ1) is 49.1. The van der Waals surface area contributed by atoms with Gasteiger partial charge in [-0.05, 0) is 165 Å². The Kier molecular flexibility index (Phi) is 12.0. The molecule has 0 bridgehead atoms. The highest BCUT2D eigenvalue weighted by Crippen LogP contribution is 2.53. The van der Waals surface area contributed by atoms with Crippen molar-refractivity contribution >= 4 is 77.1 Å². The van der Waals surface area contributed by atoms with Crippen molar-refractivity contribution in [2.24, 2.45) is 0 Å². The van der Waals surface area contributed by atoms with E-state index in [1.165, 1.54) is 121 Å². The SMILES string of the molecule is C1=CC2C(C=C1c1ccccc1-c1ccccc1)c1cc(-c3ccccc3-c3ccccc3)ccc1N2c1ccc(N(c2ccccc2)c2cccc3c(-c4c5ccccc5c(-c5cccc6ccccc56)c5ccccc45)cccc23)cc1. The van der Waals surface area contributed by atoms with Crippen LogP contribution in [0.25, 0.3) is 104 Å². The van der Waals surface area contributed by atoms with Gasteiger partial charge in [0.1, 0.15) is 0 Å². The van der Waals surface area contributed by atoms with Crippen LogP contribution < -0.4 is 9.80 Å². The van der Waals surface area contributed by atoms with E-state index in [1.807, 2.05) is 0 Å². The van der Waals surface area contributed by atoms with Gasteiger partial charge < -0.3 is 9.80 Å². The molecule has 2 atom stereocenters. The van der Waals surface area contributed by atoms with Crippen molar-refractivity contribution in [2.45, 2.75) is 12.0 Å². The largest absolute Gasteiger partial charge is 0.333 e. The fraction of sp³-hybridized carbons (Fsp3) is 0.0244. The average Bonchev–Trinajstić information content (AvgIpc) is 3.70. The molecule has 2 heteroatoms. The van der Waals surface area contributed by atoms with E-state index in [2.05, 4.69) is 337 Å². The highest BCUT2D eigenvalue weighted by Gasteiger charge is 2.39. The molecule has 84 heavy (non-hydrogen) atoms. The van der Waals surface area contributed by atoms with Crippen LogP contribution in [0.5, 0.6) is 0 Å². The van der Waals surface area contributed by atoms with Crippen molar-refractivity contribution < 1.29 is 0 Å². The van der Waals surface area contributed by atoms with Crippen LogP contribution in [0.3, 0.4) is 0 Å². The highest BCUT2D eigenvalue weighted by molar-refractivity contribution is 6.25. The Hall–Kier alpha value is -10.8. The summed E-state index contributed by atoms with van der Waals surface area (Å²) < 4.78 is 0. The number of benzene rings is 14. The minimum Gasteiger partial charge on any atom is -0.333 e. The molecule has 0 saturated carbocycles. The predicted octanol–water partition coefficient (Wildman–Crippen LogP) is 22.4. The van der Waals surface area contributed by atoms with E-state index in [4.69, 9.17) is 0 Å². The molecule has 2 nitrogen and oxygen atoms in total. The second kappa shape index (κ2) is 20.6. The number of fused-ring (bicyclic) bond motifs is 7. The zero-order valence-electron chi connectivity index (χ0n) is 46.2. The van der Waals surface area contributed by atoms with E-state index in [-0.39, 0.29) is 12.0 Å². The highest BCUT2D eigenvalue weighted by atomic mass is 15.2. The van der Waals surface area contributed by atoms with Crippen molar-refractivity contribution in [3.05, 3.63) is 339 Å². The molecule has 16 rings (SSSR count). The van der Waals surface area contributed by atoms with E-state index in [0.29, 0.717) is 0 Å². The molecule has 14 aromatic rings. The maximum absolute atomic E-state index is 2.57. The summed E-state index contributed by atoms with van der Waals surface area (Å²) in [6.45, 7) is 0. The summed E-state index contributed by atoms with van der Waals surface area (Å²) in [5.74, 6) is 0.0988. The van der Waals surface area contributed by atoms with Crippen LogP contribution in [0.4, 0.5) is 28.4 Å². The quantitative estimate of drug-likeness (QED) is 0.126. The minimum absolute atomic E-state index is 0.0630. The first-order valence-electron chi connectivity index (χ1n) is 29.2. The average molecular weight is 1070 g/mol. The number of hydrogen-bond acceptors (Lipinski definition) is 2. The molecule has 0 N–H and O–H groups in total. The Labute approximate surface area is 490 Å². The maximum atomic E-state index is 2.57. The van der Waals surface area contributed by atoms with Crippen LogP contribution in [0.2, 0.25) is 0 Å². The van der Waals surface area contributed by atoms with Gasteiger partial charge >= 0.3 is 0 Å². The summed E-state index contributed by atoms with van der Waals surface area (Å²) in [7, 11) is 0. The molecule has 1 aliphatic heterocycles. The molecule has 0 radical (unpaired) electrons. The third kappa shape index (κ3) is 8.25. The number of hydrogen-bond donors (Lipinski definition) is 0. The van der Waals surface area contributed by atoms with Crippen LogP contribution in [-0.4, -0.2) is 6.04 Å². The van der Waals surface area contributed by atoms with E-state index in [1.54, 1.807) is 0 Å². The second-order valence-electron chi connectivity index (χ2n) is 22.2. The second-order valence-corrected chi connectivity index (χ2v) is 22.2. The van der Waals surface area contributed by atoms with Crippen molar-refractivity contribution in [2.75, 3.05) is 9.80 Å². The van der Waals surface area contributed by atoms with E-state index in [9.17, 15) is 0 Å². The fourth-order valence-corrected chi connectivity index (χ4v) is 13.9. The van der Waals surface area contributed by atoms with E-state index in [0.717, 1.165) is 22.7 Å². The summed E-state index contributed by atoms with van der Waals surface area (Å²) in [4.78, 5) is 5.01. The van der Waals surface area contributed by atoms with Gasteiger partial charge in [0, 0.05) is 34.1 Å². The molecule has 14 aromatic carbocycles. The molecule has 0 fully saturated rings. The Morgan fingerprint density at radius 2 is 0.762 bits per heavy atom. The van der Waals surface area contributed by atoms with Crippen molar-refractivity contribution in [1.82, 2.24) is 0 Å². The standard InChI is InChI=1S/C82H56N2/c1-4-23-55(24-5-1)63-31-12-14-34-66(63)58-45-51-79-76(53-58)77-54-59(67-35-15-13-32-64(67)56-25-6-2-7-26-56)46-52-80(77)84(79)62-49-47-61(48-50-62)83(60-29-8-3-9-30-60)78-44-22-40-68-69(78)41-21-43-71(68)82-74-38-18-16-36-72(74)81(73-37-17-19-39-75(73)82)70-42-20-28-57-27-10-11-33-65(57)70/h1-54,76,79H. The van der Waals surface area contributed by atoms with Crippen molar-refractivity contribution in [1.29, 1.82) is 0 Å². The van der Waals surface area contributed by atoms with E-state index < -0.39 is 0 Å². The molecule has 0 amide bonds. The van der Waals surface area contributed by atoms with Crippen LogP contribution in [0.1, 0.15) is 17.0 Å². The van der Waals surface area contributed by atoms with Crippen LogP contribution >= 0.6 is 0 Å². The number of para-hydroxylation sites is 1. The molecular formula is C82H56N2. The normalized spacial score (nSPS) is 14.4. The van der Waals surface area contributed by atoms with Crippen LogP contribution in [0.15, 0.2) is 328 Å². The molecule has 0 saturated heterocycles. The maximum Gasteiger partial charge on any atom is 0.0630 e. The van der Waals surface area contributed by atoms with Crippen molar-refractivity contribution in [3.63, 3.8) is 0 Å². The monoisotopic (exact) mass is 1070 g/mol. The van der Waals surface area contributed by atoms with Gasteiger partial charge in [-0.3, -0.25) is 0 Å². The van der Waals surface area contributed by atoms with Crippen LogP contribution in [0, 0.1) is 0 Å². The van der Waals surface area contributed by atoms with Gasteiger partial charge in [-0.25, -0.2) is 0 Å². The lowest BCUT2D eigenvalue weighted by atomic mass is 9.83. The smallest absolute Gasteiger partial charge is 0.0630 e. The molecule has 2 aliphatic rings. The number of rotatable bonds is 10. The first-order chi connectivity index (χ1) is 41.7. The number of anilines is 5.